The molecular formula is C19H20N2O3S2. The van der Waals surface area contributed by atoms with Gasteiger partial charge in [-0.2, -0.15) is 0 Å². The first-order chi connectivity index (χ1) is 12.7. The number of ether oxygens (including phenoxy) is 1. The van der Waals surface area contributed by atoms with E-state index >= 15 is 0 Å². The van der Waals surface area contributed by atoms with Gasteiger partial charge in [0.2, 0.25) is 0 Å². The Hall–Kier alpha value is -2.12. The highest BCUT2D eigenvalue weighted by atomic mass is 32.1. The van der Waals surface area contributed by atoms with Crippen molar-refractivity contribution in [2.24, 2.45) is 0 Å². The lowest BCUT2D eigenvalue weighted by atomic mass is 10.1. The summed E-state index contributed by atoms with van der Waals surface area (Å²) in [5.74, 6) is 0.0536. The molecule has 1 atom stereocenters. The molecule has 0 unspecified atom stereocenters. The first-order valence-corrected chi connectivity index (χ1v) is 10.4. The second kappa shape index (κ2) is 7.25. The van der Waals surface area contributed by atoms with E-state index in [4.69, 9.17) is 4.74 Å². The minimum absolute atomic E-state index is 0.0475. The van der Waals surface area contributed by atoms with E-state index in [1.165, 1.54) is 14.8 Å². The van der Waals surface area contributed by atoms with Crippen LogP contribution in [-0.4, -0.2) is 42.6 Å². The molecule has 1 fully saturated rings. The summed E-state index contributed by atoms with van der Waals surface area (Å²) in [5, 5.41) is 4.07. The van der Waals surface area contributed by atoms with Crippen molar-refractivity contribution in [1.82, 2.24) is 10.2 Å². The second-order valence-electron chi connectivity index (χ2n) is 6.36. The van der Waals surface area contributed by atoms with Gasteiger partial charge in [0.05, 0.1) is 16.2 Å². The summed E-state index contributed by atoms with van der Waals surface area (Å²) in [4.78, 5) is 27.2. The van der Waals surface area contributed by atoms with Gasteiger partial charge in [0, 0.05) is 33.9 Å². The third kappa shape index (κ3) is 3.29. The first kappa shape index (κ1) is 17.3. The predicted octanol–water partition coefficient (Wildman–Crippen LogP) is 4.47. The van der Waals surface area contributed by atoms with Gasteiger partial charge >= 0.3 is 6.09 Å². The van der Waals surface area contributed by atoms with Crippen LogP contribution in [0.4, 0.5) is 4.79 Å². The highest BCUT2D eigenvalue weighted by Crippen LogP contribution is 2.39. The summed E-state index contributed by atoms with van der Waals surface area (Å²) >= 11 is 3.29. The fraction of sp³-hybridized carbons (Fsp3) is 0.368. The smallest absolute Gasteiger partial charge is 0.407 e. The van der Waals surface area contributed by atoms with Crippen molar-refractivity contribution in [3.8, 4) is 0 Å². The molecule has 136 valence electrons. The van der Waals surface area contributed by atoms with Crippen molar-refractivity contribution in [2.45, 2.75) is 25.8 Å². The maximum absolute atomic E-state index is 13.0. The number of carbonyl (C=O) groups excluding carboxylic acids is 2. The summed E-state index contributed by atoms with van der Waals surface area (Å²) in [6, 6.07) is 10.3. The SMILES string of the molecule is CCOC(=O)N[C@@H]1CCCN(C(=O)c2cc3sc4ccccc4c3s2)C1. The summed E-state index contributed by atoms with van der Waals surface area (Å²) in [6.45, 7) is 3.39. The Kier molecular flexibility index (Phi) is 4.82. The minimum atomic E-state index is -0.407. The molecule has 1 N–H and O–H groups in total. The van der Waals surface area contributed by atoms with Crippen LogP contribution in [-0.2, 0) is 4.74 Å². The summed E-state index contributed by atoms with van der Waals surface area (Å²) in [6.07, 6.45) is 1.34. The average Bonchev–Trinajstić information content (AvgIpc) is 3.19. The Bertz CT molecular complexity index is 962. The third-order valence-electron chi connectivity index (χ3n) is 4.57. The molecule has 2 amide bonds. The lowest BCUT2D eigenvalue weighted by Crippen LogP contribution is -2.49. The van der Waals surface area contributed by atoms with E-state index in [2.05, 4.69) is 17.4 Å². The van der Waals surface area contributed by atoms with Gasteiger partial charge < -0.3 is 15.0 Å². The second-order valence-corrected chi connectivity index (χ2v) is 8.49. The van der Waals surface area contributed by atoms with Crippen molar-refractivity contribution in [1.29, 1.82) is 0 Å². The molecule has 26 heavy (non-hydrogen) atoms. The van der Waals surface area contributed by atoms with Crippen LogP contribution in [0.2, 0.25) is 0 Å². The number of hydrogen-bond donors (Lipinski definition) is 1. The molecule has 1 aliphatic heterocycles. The van der Waals surface area contributed by atoms with Gasteiger partial charge in [0.25, 0.3) is 5.91 Å². The molecule has 3 aromatic rings. The molecular weight excluding hydrogens is 368 g/mol. The fourth-order valence-electron chi connectivity index (χ4n) is 3.38. The van der Waals surface area contributed by atoms with Gasteiger partial charge in [0.15, 0.2) is 0 Å². The van der Waals surface area contributed by atoms with Gasteiger partial charge in [0.1, 0.15) is 0 Å². The van der Waals surface area contributed by atoms with Crippen LogP contribution in [0.25, 0.3) is 19.5 Å². The Labute approximate surface area is 159 Å². The van der Waals surface area contributed by atoms with Gasteiger partial charge in [-0.05, 0) is 31.9 Å². The Balaban J connectivity index is 1.51. The zero-order valence-corrected chi connectivity index (χ0v) is 16.1. The van der Waals surface area contributed by atoms with Crippen LogP contribution in [0, 0.1) is 0 Å². The summed E-state index contributed by atoms with van der Waals surface area (Å²) in [5.41, 5.74) is 0. The molecule has 0 saturated carbocycles. The largest absolute Gasteiger partial charge is 0.450 e. The number of amides is 2. The zero-order chi connectivity index (χ0) is 18.1. The van der Waals surface area contributed by atoms with Crippen molar-refractivity contribution >= 4 is 54.2 Å². The molecule has 1 aromatic carbocycles. The third-order valence-corrected chi connectivity index (χ3v) is 6.97. The van der Waals surface area contributed by atoms with Crippen molar-refractivity contribution < 1.29 is 14.3 Å². The fourth-order valence-corrected chi connectivity index (χ4v) is 5.87. The van der Waals surface area contributed by atoms with Crippen LogP contribution in [0.5, 0.6) is 0 Å². The Morgan fingerprint density at radius 3 is 2.96 bits per heavy atom. The highest BCUT2D eigenvalue weighted by Gasteiger charge is 2.27. The molecule has 1 saturated heterocycles. The number of piperidine rings is 1. The quantitative estimate of drug-likeness (QED) is 0.720. The number of likely N-dealkylation sites (tertiary alicyclic amines) is 1. The Morgan fingerprint density at radius 1 is 1.27 bits per heavy atom. The predicted molar refractivity (Wildman–Crippen MR) is 106 cm³/mol. The maximum Gasteiger partial charge on any atom is 0.407 e. The molecule has 5 nitrogen and oxygen atoms in total. The average molecular weight is 389 g/mol. The van der Waals surface area contributed by atoms with E-state index in [9.17, 15) is 9.59 Å². The van der Waals surface area contributed by atoms with Crippen LogP contribution < -0.4 is 5.32 Å². The Morgan fingerprint density at radius 2 is 2.12 bits per heavy atom. The van der Waals surface area contributed by atoms with Crippen LogP contribution in [0.15, 0.2) is 30.3 Å². The van der Waals surface area contributed by atoms with Crippen molar-refractivity contribution in [3.63, 3.8) is 0 Å². The number of nitrogens with zero attached hydrogens (tertiary/aromatic N) is 1. The van der Waals surface area contributed by atoms with E-state index in [-0.39, 0.29) is 11.9 Å². The molecule has 0 aliphatic carbocycles. The number of fused-ring (bicyclic) bond motifs is 3. The number of rotatable bonds is 3. The monoisotopic (exact) mass is 388 g/mol. The van der Waals surface area contributed by atoms with Crippen molar-refractivity contribution in [2.75, 3.05) is 19.7 Å². The number of benzene rings is 1. The number of thiophene rings is 2. The summed E-state index contributed by atoms with van der Waals surface area (Å²) in [7, 11) is 0. The minimum Gasteiger partial charge on any atom is -0.450 e. The molecule has 7 heteroatoms. The first-order valence-electron chi connectivity index (χ1n) is 8.79. The van der Waals surface area contributed by atoms with E-state index < -0.39 is 6.09 Å². The number of alkyl carbamates (subject to hydrolysis) is 1. The zero-order valence-electron chi connectivity index (χ0n) is 14.5. The van der Waals surface area contributed by atoms with E-state index in [0.717, 1.165) is 29.0 Å². The molecule has 3 heterocycles. The standard InChI is InChI=1S/C19H20N2O3S2/c1-2-24-19(23)20-12-6-5-9-21(11-12)18(22)16-10-15-17(26-16)13-7-3-4-8-14(13)25-15/h3-4,7-8,10,12H,2,5-6,9,11H2,1H3,(H,20,23)/t12-/m1/s1. The van der Waals surface area contributed by atoms with E-state index in [1.807, 2.05) is 23.1 Å². The highest BCUT2D eigenvalue weighted by molar-refractivity contribution is 7.33. The topological polar surface area (TPSA) is 58.6 Å². The molecule has 0 radical (unpaired) electrons. The molecule has 0 bridgehead atoms. The normalized spacial score (nSPS) is 17.6. The number of carbonyl (C=O) groups is 2. The van der Waals surface area contributed by atoms with Gasteiger partial charge in [-0.15, -0.1) is 22.7 Å². The molecule has 0 spiro atoms. The van der Waals surface area contributed by atoms with Gasteiger partial charge in [-0.25, -0.2) is 4.79 Å². The molecule has 2 aromatic heterocycles. The summed E-state index contributed by atoms with van der Waals surface area (Å²) < 4.78 is 8.55. The maximum atomic E-state index is 13.0. The molecule has 4 rings (SSSR count). The number of hydrogen-bond acceptors (Lipinski definition) is 5. The van der Waals surface area contributed by atoms with Crippen LogP contribution in [0.3, 0.4) is 0 Å². The van der Waals surface area contributed by atoms with E-state index in [1.54, 1.807) is 29.6 Å². The lowest BCUT2D eigenvalue weighted by Gasteiger charge is -2.32. The molecule has 1 aliphatic rings. The van der Waals surface area contributed by atoms with Crippen LogP contribution >= 0.6 is 22.7 Å². The lowest BCUT2D eigenvalue weighted by molar-refractivity contribution is 0.0691. The van der Waals surface area contributed by atoms with Crippen LogP contribution in [0.1, 0.15) is 29.4 Å². The van der Waals surface area contributed by atoms with Gasteiger partial charge in [-0.3, -0.25) is 4.79 Å². The van der Waals surface area contributed by atoms with Gasteiger partial charge in [-0.1, -0.05) is 18.2 Å². The number of nitrogens with one attached hydrogen (secondary N) is 1. The van der Waals surface area contributed by atoms with Crippen molar-refractivity contribution in [3.05, 3.63) is 35.2 Å². The van der Waals surface area contributed by atoms with E-state index in [0.29, 0.717) is 13.2 Å².